The van der Waals surface area contributed by atoms with Crippen LogP contribution in [0.4, 0.5) is 24.5 Å². The van der Waals surface area contributed by atoms with Crippen LogP contribution in [0.3, 0.4) is 0 Å². The number of aromatic nitrogens is 4. The lowest BCUT2D eigenvalue weighted by Crippen LogP contribution is -2.36. The minimum absolute atomic E-state index is 0.155. The highest BCUT2D eigenvalue weighted by Gasteiger charge is 2.33. The molecule has 3 aromatic heterocycles. The van der Waals surface area contributed by atoms with E-state index >= 15 is 0 Å². The van der Waals surface area contributed by atoms with E-state index in [0.29, 0.717) is 49.4 Å². The first-order valence-electron chi connectivity index (χ1n) is 10.00. The molecule has 13 heteroatoms. The van der Waals surface area contributed by atoms with Crippen molar-refractivity contribution in [2.75, 3.05) is 43.6 Å². The highest BCUT2D eigenvalue weighted by atomic mass is 35.5. The van der Waals surface area contributed by atoms with Gasteiger partial charge in [-0.25, -0.2) is 9.97 Å². The van der Waals surface area contributed by atoms with Gasteiger partial charge in [0.15, 0.2) is 5.69 Å². The molecule has 4 heterocycles. The van der Waals surface area contributed by atoms with Crippen LogP contribution in [0.2, 0.25) is 5.15 Å². The lowest BCUT2D eigenvalue weighted by Gasteiger charge is -2.29. The maximum Gasteiger partial charge on any atom is 0.435 e. The second-order valence-corrected chi connectivity index (χ2v) is 7.55. The zero-order chi connectivity index (χ0) is 24.3. The number of hydrogen-bond acceptors (Lipinski definition) is 8. The Balaban J connectivity index is 1.62. The fourth-order valence-corrected chi connectivity index (χ4v) is 3.54. The largest absolute Gasteiger partial charge is 0.480 e. The van der Waals surface area contributed by atoms with Gasteiger partial charge in [-0.3, -0.25) is 4.79 Å². The van der Waals surface area contributed by atoms with E-state index in [-0.39, 0.29) is 16.4 Å². The number of hydrogen-bond donors (Lipinski definition) is 1. The van der Waals surface area contributed by atoms with Crippen LogP contribution in [0.15, 0.2) is 36.8 Å². The van der Waals surface area contributed by atoms with Gasteiger partial charge in [-0.1, -0.05) is 11.6 Å². The maximum absolute atomic E-state index is 12.9. The van der Waals surface area contributed by atoms with Crippen molar-refractivity contribution in [1.29, 1.82) is 0 Å². The van der Waals surface area contributed by atoms with Crippen LogP contribution >= 0.6 is 11.6 Å². The van der Waals surface area contributed by atoms with E-state index in [1.54, 1.807) is 12.3 Å². The third-order valence-electron chi connectivity index (χ3n) is 4.99. The Labute approximate surface area is 196 Å². The van der Waals surface area contributed by atoms with Crippen molar-refractivity contribution >= 4 is 28.9 Å². The number of nitrogens with one attached hydrogen (secondary N) is 1. The Morgan fingerprint density at radius 3 is 2.62 bits per heavy atom. The van der Waals surface area contributed by atoms with Crippen LogP contribution in [0.1, 0.15) is 16.1 Å². The fourth-order valence-electron chi connectivity index (χ4n) is 3.33. The molecule has 0 bridgehead atoms. The number of morpholine rings is 1. The molecule has 1 saturated heterocycles. The van der Waals surface area contributed by atoms with E-state index in [0.717, 1.165) is 11.9 Å². The second kappa shape index (κ2) is 9.77. The van der Waals surface area contributed by atoms with E-state index in [4.69, 9.17) is 21.1 Å². The van der Waals surface area contributed by atoms with Gasteiger partial charge >= 0.3 is 6.18 Å². The van der Waals surface area contributed by atoms with Gasteiger partial charge in [0.05, 0.1) is 44.0 Å². The Kier molecular flexibility index (Phi) is 6.80. The van der Waals surface area contributed by atoms with Gasteiger partial charge in [0, 0.05) is 30.4 Å². The van der Waals surface area contributed by atoms with Crippen molar-refractivity contribution in [2.24, 2.45) is 0 Å². The molecule has 4 rings (SSSR count). The molecular weight excluding hydrogens is 477 g/mol. The zero-order valence-electron chi connectivity index (χ0n) is 17.8. The summed E-state index contributed by atoms with van der Waals surface area (Å²) in [4.78, 5) is 23.0. The number of amides is 1. The first-order chi connectivity index (χ1) is 16.3. The third-order valence-corrected chi connectivity index (χ3v) is 5.29. The summed E-state index contributed by atoms with van der Waals surface area (Å²) < 4.78 is 49.4. The molecule has 34 heavy (non-hydrogen) atoms. The normalized spacial score (nSPS) is 14.1. The number of rotatable bonds is 5. The van der Waals surface area contributed by atoms with Gasteiger partial charge in [-0.05, 0) is 18.2 Å². The van der Waals surface area contributed by atoms with Gasteiger partial charge < -0.3 is 19.7 Å². The molecule has 0 spiro atoms. The smallest absolute Gasteiger partial charge is 0.435 e. The molecule has 0 saturated carbocycles. The molecule has 1 aliphatic heterocycles. The highest BCUT2D eigenvalue weighted by molar-refractivity contribution is 6.32. The summed E-state index contributed by atoms with van der Waals surface area (Å²) >= 11 is 6.31. The Hall–Kier alpha value is -3.51. The fraction of sp³-hybridized carbons (Fsp3) is 0.286. The molecule has 0 aliphatic carbocycles. The zero-order valence-corrected chi connectivity index (χ0v) is 18.5. The molecule has 9 nitrogen and oxygen atoms in total. The number of pyridine rings is 2. The summed E-state index contributed by atoms with van der Waals surface area (Å²) in [7, 11) is 1.52. The molecule has 0 aromatic carbocycles. The van der Waals surface area contributed by atoms with Crippen molar-refractivity contribution in [3.8, 4) is 17.0 Å². The molecule has 0 unspecified atom stereocenters. The Morgan fingerprint density at radius 1 is 1.15 bits per heavy atom. The molecular formula is C21H18ClF3N6O3. The second-order valence-electron chi connectivity index (χ2n) is 7.20. The lowest BCUT2D eigenvalue weighted by atomic mass is 10.1. The van der Waals surface area contributed by atoms with Crippen LogP contribution in [0, 0.1) is 0 Å². The SMILES string of the molecule is COc1ncc(-c2cc(NC(=O)c3cnnc(C(F)(F)F)c3)cnc2Cl)cc1N1CCOCC1. The monoisotopic (exact) mass is 494 g/mol. The van der Waals surface area contributed by atoms with Gasteiger partial charge in [0.1, 0.15) is 10.8 Å². The number of halogens is 4. The topological polar surface area (TPSA) is 102 Å². The highest BCUT2D eigenvalue weighted by Crippen LogP contribution is 2.35. The first-order valence-corrected chi connectivity index (χ1v) is 10.4. The first kappa shape index (κ1) is 23.6. The summed E-state index contributed by atoms with van der Waals surface area (Å²) in [6, 6.07) is 4.02. The number of ether oxygens (including phenoxy) is 2. The predicted molar refractivity (Wildman–Crippen MR) is 117 cm³/mol. The average Bonchev–Trinajstić information content (AvgIpc) is 2.85. The number of anilines is 2. The lowest BCUT2D eigenvalue weighted by molar-refractivity contribution is -0.141. The molecule has 1 aliphatic rings. The number of nitrogens with zero attached hydrogens (tertiary/aromatic N) is 5. The van der Waals surface area contributed by atoms with E-state index in [1.165, 1.54) is 13.3 Å². The van der Waals surface area contributed by atoms with Crippen molar-refractivity contribution in [1.82, 2.24) is 20.2 Å². The number of methoxy groups -OCH3 is 1. The number of carbonyl (C=O) groups excluding carboxylic acids is 1. The van der Waals surface area contributed by atoms with E-state index < -0.39 is 17.8 Å². The number of alkyl halides is 3. The van der Waals surface area contributed by atoms with E-state index in [9.17, 15) is 18.0 Å². The number of carbonyl (C=O) groups is 1. The van der Waals surface area contributed by atoms with Gasteiger partial charge in [-0.2, -0.15) is 18.3 Å². The molecule has 1 fully saturated rings. The molecule has 1 N–H and O–H groups in total. The molecule has 0 atom stereocenters. The Bertz CT molecular complexity index is 1200. The van der Waals surface area contributed by atoms with Gasteiger partial charge in [0.25, 0.3) is 5.91 Å². The summed E-state index contributed by atoms with van der Waals surface area (Å²) in [6.07, 6.45) is -0.933. The van der Waals surface area contributed by atoms with Crippen LogP contribution < -0.4 is 15.0 Å². The van der Waals surface area contributed by atoms with E-state index in [2.05, 4.69) is 30.4 Å². The van der Waals surface area contributed by atoms with Crippen molar-refractivity contribution < 1.29 is 27.4 Å². The quantitative estimate of drug-likeness (QED) is 0.536. The van der Waals surface area contributed by atoms with Gasteiger partial charge in [0.2, 0.25) is 5.88 Å². The maximum atomic E-state index is 12.9. The summed E-state index contributed by atoms with van der Waals surface area (Å²) in [5, 5.41) is 8.94. The van der Waals surface area contributed by atoms with Crippen LogP contribution in [-0.2, 0) is 10.9 Å². The van der Waals surface area contributed by atoms with Crippen LogP contribution in [-0.4, -0.2) is 59.5 Å². The van der Waals surface area contributed by atoms with Crippen LogP contribution in [0.5, 0.6) is 5.88 Å². The van der Waals surface area contributed by atoms with Gasteiger partial charge in [-0.15, -0.1) is 5.10 Å². The average molecular weight is 495 g/mol. The minimum atomic E-state index is -4.72. The van der Waals surface area contributed by atoms with Crippen molar-refractivity contribution in [2.45, 2.75) is 6.18 Å². The van der Waals surface area contributed by atoms with Crippen LogP contribution in [0.25, 0.3) is 11.1 Å². The molecule has 0 radical (unpaired) electrons. The summed E-state index contributed by atoms with van der Waals surface area (Å²) in [5.41, 5.74) is 0.471. The molecule has 1 amide bonds. The molecule has 3 aromatic rings. The predicted octanol–water partition coefficient (Wildman–Crippen LogP) is 3.70. The minimum Gasteiger partial charge on any atom is -0.480 e. The van der Waals surface area contributed by atoms with E-state index in [1.807, 2.05) is 6.07 Å². The third kappa shape index (κ3) is 5.18. The summed E-state index contributed by atoms with van der Waals surface area (Å²) in [5.74, 6) is -0.373. The standard InChI is InChI=1S/C21H18ClF3N6O3/c1-33-20-16(31-2-4-34-5-3-31)6-12(9-27-20)15-8-14(11-26-18(15)22)29-19(32)13-7-17(21(23,24)25)30-28-10-13/h6-11H,2-5H2,1H3,(H,29,32). The van der Waals surface area contributed by atoms with Crippen molar-refractivity contribution in [3.05, 3.63) is 53.2 Å². The molecule has 178 valence electrons. The van der Waals surface area contributed by atoms with Crippen molar-refractivity contribution in [3.63, 3.8) is 0 Å². The summed E-state index contributed by atoms with van der Waals surface area (Å²) in [6.45, 7) is 2.45. The Morgan fingerprint density at radius 2 is 1.91 bits per heavy atom.